The zero-order valence-electron chi connectivity index (χ0n) is 10.0. The van der Waals surface area contributed by atoms with Gasteiger partial charge in [0.15, 0.2) is 0 Å². The second-order valence-corrected chi connectivity index (χ2v) is 5.43. The largest absolute Gasteiger partial charge is 0.480 e. The summed E-state index contributed by atoms with van der Waals surface area (Å²) in [5, 5.41) is 11.5. The predicted molar refractivity (Wildman–Crippen MR) is 67.9 cm³/mol. The fourth-order valence-electron chi connectivity index (χ4n) is 1.65. The number of carboxylic acid groups (broad SMARTS) is 1. The molecule has 98 valence electrons. The van der Waals surface area contributed by atoms with E-state index in [0.717, 1.165) is 12.8 Å². The van der Waals surface area contributed by atoms with Crippen LogP contribution in [0.5, 0.6) is 0 Å². The van der Waals surface area contributed by atoms with Gasteiger partial charge in [0.25, 0.3) is 0 Å². The van der Waals surface area contributed by atoms with E-state index in [-0.39, 0.29) is 18.4 Å². The van der Waals surface area contributed by atoms with Crippen LogP contribution >= 0.6 is 11.8 Å². The number of rotatable bonds is 8. The minimum Gasteiger partial charge on any atom is -0.480 e. The third-order valence-electron chi connectivity index (χ3n) is 2.89. The second-order valence-electron chi connectivity index (χ2n) is 4.45. The maximum Gasteiger partial charge on any atom is 0.326 e. The summed E-state index contributed by atoms with van der Waals surface area (Å²) in [4.78, 5) is 22.5. The van der Waals surface area contributed by atoms with Gasteiger partial charge in [-0.15, -0.1) is 0 Å². The Labute approximate surface area is 106 Å². The van der Waals surface area contributed by atoms with Crippen LogP contribution in [0.25, 0.3) is 0 Å². The highest BCUT2D eigenvalue weighted by Gasteiger charge is 2.30. The Morgan fingerprint density at radius 2 is 2.18 bits per heavy atom. The van der Waals surface area contributed by atoms with E-state index >= 15 is 0 Å². The lowest BCUT2D eigenvalue weighted by Gasteiger charge is -2.16. The van der Waals surface area contributed by atoms with Crippen molar-refractivity contribution < 1.29 is 14.7 Å². The lowest BCUT2D eigenvalue weighted by Crippen LogP contribution is -2.43. The summed E-state index contributed by atoms with van der Waals surface area (Å²) >= 11 is 1.56. The molecule has 0 radical (unpaired) electrons. The van der Waals surface area contributed by atoms with Gasteiger partial charge in [-0.25, -0.2) is 4.79 Å². The number of carbonyl (C=O) groups excluding carboxylic acids is 1. The van der Waals surface area contributed by atoms with E-state index in [2.05, 4.69) is 5.32 Å². The van der Waals surface area contributed by atoms with E-state index in [1.54, 1.807) is 11.8 Å². The van der Waals surface area contributed by atoms with E-state index in [4.69, 9.17) is 10.8 Å². The molecule has 17 heavy (non-hydrogen) atoms. The summed E-state index contributed by atoms with van der Waals surface area (Å²) in [6, 6.07) is -0.911. The first-order chi connectivity index (χ1) is 8.04. The summed E-state index contributed by atoms with van der Waals surface area (Å²) in [6.07, 6.45) is 4.75. The van der Waals surface area contributed by atoms with Gasteiger partial charge in [0.1, 0.15) is 6.04 Å². The van der Waals surface area contributed by atoms with E-state index in [0.29, 0.717) is 18.1 Å². The minimum absolute atomic E-state index is 0.120. The average molecular weight is 260 g/mol. The van der Waals surface area contributed by atoms with Gasteiger partial charge in [0, 0.05) is 12.5 Å². The van der Waals surface area contributed by atoms with Crippen LogP contribution in [0, 0.1) is 5.92 Å². The number of nitrogens with two attached hydrogens (primary N) is 1. The van der Waals surface area contributed by atoms with Gasteiger partial charge < -0.3 is 16.2 Å². The first-order valence-electron chi connectivity index (χ1n) is 5.81. The van der Waals surface area contributed by atoms with E-state index in [1.807, 2.05) is 6.26 Å². The molecule has 0 aromatic carbocycles. The number of carboxylic acids is 1. The third kappa shape index (κ3) is 5.41. The first kappa shape index (κ1) is 14.3. The van der Waals surface area contributed by atoms with Gasteiger partial charge in [0.2, 0.25) is 5.91 Å². The van der Waals surface area contributed by atoms with Crippen molar-refractivity contribution in [3.8, 4) is 0 Å². The molecule has 0 aromatic heterocycles. The monoisotopic (exact) mass is 260 g/mol. The molecular formula is C11H20N2O3S. The smallest absolute Gasteiger partial charge is 0.326 e. The van der Waals surface area contributed by atoms with Crippen molar-refractivity contribution in [2.24, 2.45) is 11.7 Å². The molecular weight excluding hydrogens is 240 g/mol. The molecule has 5 nitrogen and oxygen atoms in total. The number of carbonyl (C=O) groups is 2. The summed E-state index contributed by atoms with van der Waals surface area (Å²) in [7, 11) is 0. The Kier molecular flexibility index (Phi) is 5.77. The quantitative estimate of drug-likeness (QED) is 0.589. The summed E-state index contributed by atoms with van der Waals surface area (Å²) in [6.45, 7) is 0. The summed E-state index contributed by atoms with van der Waals surface area (Å²) < 4.78 is 0. The molecule has 0 aliphatic heterocycles. The highest BCUT2D eigenvalue weighted by molar-refractivity contribution is 7.98. The summed E-state index contributed by atoms with van der Waals surface area (Å²) in [5.74, 6) is -0.0631. The molecule has 4 N–H and O–H groups in total. The van der Waals surface area contributed by atoms with Crippen molar-refractivity contribution in [1.29, 1.82) is 0 Å². The van der Waals surface area contributed by atoms with E-state index in [9.17, 15) is 9.59 Å². The first-order valence-corrected chi connectivity index (χ1v) is 7.20. The van der Waals surface area contributed by atoms with Gasteiger partial charge >= 0.3 is 5.97 Å². The SMILES string of the molecule is CSCC[C@H](NC(=O)CC(N)C1CC1)C(=O)O. The molecule has 1 aliphatic carbocycles. The van der Waals surface area contributed by atoms with Gasteiger partial charge in [-0.2, -0.15) is 11.8 Å². The maximum atomic E-state index is 11.6. The van der Waals surface area contributed by atoms with Crippen molar-refractivity contribution in [3.05, 3.63) is 0 Å². The number of hydrogen-bond donors (Lipinski definition) is 3. The Morgan fingerprint density at radius 1 is 1.53 bits per heavy atom. The zero-order chi connectivity index (χ0) is 12.8. The van der Waals surface area contributed by atoms with Crippen molar-refractivity contribution >= 4 is 23.6 Å². The molecule has 1 unspecified atom stereocenters. The molecule has 1 saturated carbocycles. The molecule has 1 rings (SSSR count). The van der Waals surface area contributed by atoms with Gasteiger partial charge in [-0.05, 0) is 37.2 Å². The standard InChI is InChI=1S/C11H20N2O3S/c1-17-5-4-9(11(15)16)13-10(14)6-8(12)7-2-3-7/h7-9H,2-6,12H2,1H3,(H,13,14)(H,15,16)/t8?,9-/m0/s1. The molecule has 2 atom stereocenters. The molecule has 0 aromatic rings. The van der Waals surface area contributed by atoms with Crippen LogP contribution in [0.4, 0.5) is 0 Å². The van der Waals surface area contributed by atoms with Gasteiger partial charge in [-0.1, -0.05) is 0 Å². The van der Waals surface area contributed by atoms with Crippen LogP contribution in [-0.4, -0.2) is 41.1 Å². The van der Waals surface area contributed by atoms with Crippen LogP contribution in [-0.2, 0) is 9.59 Å². The van der Waals surface area contributed by atoms with E-state index in [1.165, 1.54) is 0 Å². The number of nitrogens with one attached hydrogen (secondary N) is 1. The normalized spacial score (nSPS) is 18.5. The highest BCUT2D eigenvalue weighted by Crippen LogP contribution is 2.32. The number of aliphatic carboxylic acids is 1. The molecule has 0 heterocycles. The number of thioether (sulfide) groups is 1. The van der Waals surface area contributed by atoms with Crippen LogP contribution in [0.15, 0.2) is 0 Å². The number of amides is 1. The Balaban J connectivity index is 2.31. The molecule has 1 aliphatic rings. The van der Waals surface area contributed by atoms with Crippen molar-refractivity contribution in [1.82, 2.24) is 5.32 Å². The lowest BCUT2D eigenvalue weighted by molar-refractivity contribution is -0.141. The maximum absolute atomic E-state index is 11.6. The third-order valence-corrected chi connectivity index (χ3v) is 3.54. The average Bonchev–Trinajstić information content (AvgIpc) is 3.07. The highest BCUT2D eigenvalue weighted by atomic mass is 32.2. The molecule has 6 heteroatoms. The fourth-order valence-corrected chi connectivity index (χ4v) is 2.12. The van der Waals surface area contributed by atoms with Crippen molar-refractivity contribution in [2.45, 2.75) is 37.8 Å². The molecule has 0 saturated heterocycles. The number of hydrogen-bond acceptors (Lipinski definition) is 4. The molecule has 1 fully saturated rings. The Morgan fingerprint density at radius 3 is 2.65 bits per heavy atom. The minimum atomic E-state index is -0.979. The second kappa shape index (κ2) is 6.86. The predicted octanol–water partition coefficient (Wildman–Crippen LogP) is 0.436. The zero-order valence-corrected chi connectivity index (χ0v) is 10.8. The Bertz CT molecular complexity index is 282. The molecule has 0 bridgehead atoms. The van der Waals surface area contributed by atoms with Crippen LogP contribution in [0.3, 0.4) is 0 Å². The molecule has 0 spiro atoms. The van der Waals surface area contributed by atoms with Crippen LogP contribution < -0.4 is 11.1 Å². The van der Waals surface area contributed by atoms with Crippen molar-refractivity contribution in [2.75, 3.05) is 12.0 Å². The fraction of sp³-hybridized carbons (Fsp3) is 0.818. The Hall–Kier alpha value is -0.750. The summed E-state index contributed by atoms with van der Waals surface area (Å²) in [5.41, 5.74) is 5.82. The van der Waals surface area contributed by atoms with Crippen molar-refractivity contribution in [3.63, 3.8) is 0 Å². The topological polar surface area (TPSA) is 92.4 Å². The van der Waals surface area contributed by atoms with Crippen LogP contribution in [0.1, 0.15) is 25.7 Å². The van der Waals surface area contributed by atoms with Gasteiger partial charge in [-0.3, -0.25) is 4.79 Å². The molecule has 1 amide bonds. The van der Waals surface area contributed by atoms with Crippen LogP contribution in [0.2, 0.25) is 0 Å². The van der Waals surface area contributed by atoms with E-state index < -0.39 is 12.0 Å². The van der Waals surface area contributed by atoms with Gasteiger partial charge in [0.05, 0.1) is 0 Å². The lowest BCUT2D eigenvalue weighted by atomic mass is 10.1.